The van der Waals surface area contributed by atoms with E-state index in [-0.39, 0.29) is 16.1 Å². The van der Waals surface area contributed by atoms with E-state index in [1.165, 1.54) is 22.9 Å². The summed E-state index contributed by atoms with van der Waals surface area (Å²) in [7, 11) is -3.94. The van der Waals surface area contributed by atoms with Crippen molar-refractivity contribution in [3.05, 3.63) is 112 Å². The highest BCUT2D eigenvalue weighted by atomic mass is 32.2. The van der Waals surface area contributed by atoms with Gasteiger partial charge in [0.05, 0.1) is 34.1 Å². The number of anilines is 1. The fourth-order valence-corrected chi connectivity index (χ4v) is 4.93. The fourth-order valence-electron chi connectivity index (χ4n) is 4.37. The molecule has 0 spiro atoms. The Bertz CT molecular complexity index is 1930. The first-order valence-electron chi connectivity index (χ1n) is 11.9. The maximum atomic E-state index is 14.2. The lowest BCUT2D eigenvalue weighted by molar-refractivity contribution is 0.598. The number of fused-ring (bicyclic) bond motifs is 1. The second-order valence-corrected chi connectivity index (χ2v) is 10.4. The lowest BCUT2D eigenvalue weighted by atomic mass is 10.0. The quantitative estimate of drug-likeness (QED) is 0.304. The molecule has 0 amide bonds. The van der Waals surface area contributed by atoms with Crippen molar-refractivity contribution in [1.29, 1.82) is 0 Å². The summed E-state index contributed by atoms with van der Waals surface area (Å²) in [4.78, 5) is 31.0. The molecule has 0 fully saturated rings. The van der Waals surface area contributed by atoms with Gasteiger partial charge in [-0.25, -0.2) is 28.4 Å². The number of hydrogen-bond donors (Lipinski definition) is 2. The first-order valence-corrected chi connectivity index (χ1v) is 13.4. The third-order valence-electron chi connectivity index (χ3n) is 6.16. The van der Waals surface area contributed by atoms with Gasteiger partial charge in [-0.3, -0.25) is 14.3 Å². The first-order chi connectivity index (χ1) is 18.7. The number of aryl methyl sites for hydroxylation is 1. The molecule has 0 bridgehead atoms. The number of rotatable bonds is 6. The number of aromatic nitrogens is 4. The summed E-state index contributed by atoms with van der Waals surface area (Å²) in [6, 6.07) is 19.9. The largest absolute Gasteiger partial charge is 0.369 e. The Morgan fingerprint density at radius 1 is 1.03 bits per heavy atom. The molecule has 0 unspecified atom stereocenters. The number of sulfonamides is 1. The minimum absolute atomic E-state index is 0.0569. The minimum Gasteiger partial charge on any atom is -0.369 e. The molecule has 39 heavy (non-hydrogen) atoms. The van der Waals surface area contributed by atoms with Gasteiger partial charge in [-0.15, -0.1) is 0 Å². The summed E-state index contributed by atoms with van der Waals surface area (Å²) in [6.07, 6.45) is 1.45. The molecule has 0 aliphatic carbocycles. The van der Waals surface area contributed by atoms with Crippen LogP contribution >= 0.6 is 0 Å². The first kappa shape index (κ1) is 25.7. The SMILES string of the molecule is [C-]#[N+]c1cnc(C)nc1N[C@@H](C)c1nc2cccc(-c3cccc(S(N)(=O)=O)c3)c2c(=O)n1-c1ccccc1. The van der Waals surface area contributed by atoms with E-state index in [0.717, 1.165) is 0 Å². The molecule has 0 saturated heterocycles. The van der Waals surface area contributed by atoms with Crippen LogP contribution in [0.3, 0.4) is 0 Å². The van der Waals surface area contributed by atoms with Gasteiger partial charge in [-0.05, 0) is 55.3 Å². The molecule has 10 nitrogen and oxygen atoms in total. The maximum absolute atomic E-state index is 14.2. The summed E-state index contributed by atoms with van der Waals surface area (Å²) in [5.74, 6) is 1.24. The predicted octanol–water partition coefficient (Wildman–Crippen LogP) is 4.52. The van der Waals surface area contributed by atoms with E-state index in [9.17, 15) is 13.2 Å². The monoisotopic (exact) mass is 537 g/mol. The van der Waals surface area contributed by atoms with Gasteiger partial charge in [0.25, 0.3) is 5.56 Å². The number of nitrogens with one attached hydrogen (secondary N) is 1. The zero-order valence-corrected chi connectivity index (χ0v) is 21.8. The van der Waals surface area contributed by atoms with Crippen molar-refractivity contribution < 1.29 is 8.42 Å². The van der Waals surface area contributed by atoms with E-state index in [1.807, 2.05) is 25.1 Å². The topological polar surface area (TPSA) is 137 Å². The molecule has 194 valence electrons. The summed E-state index contributed by atoms with van der Waals surface area (Å²) in [5.41, 5.74) is 1.97. The molecule has 2 aromatic heterocycles. The maximum Gasteiger partial charge on any atom is 0.266 e. The number of hydrogen-bond acceptors (Lipinski definition) is 7. The number of benzene rings is 3. The molecule has 3 N–H and O–H groups in total. The van der Waals surface area contributed by atoms with Crippen molar-refractivity contribution in [2.75, 3.05) is 5.32 Å². The van der Waals surface area contributed by atoms with Crippen molar-refractivity contribution in [1.82, 2.24) is 19.5 Å². The van der Waals surface area contributed by atoms with Crippen molar-refractivity contribution in [3.63, 3.8) is 0 Å². The van der Waals surface area contributed by atoms with Crippen LogP contribution in [0.5, 0.6) is 0 Å². The Morgan fingerprint density at radius 3 is 2.49 bits per heavy atom. The number of nitrogens with two attached hydrogens (primary N) is 1. The van der Waals surface area contributed by atoms with Gasteiger partial charge in [0.15, 0.2) is 0 Å². The summed E-state index contributed by atoms with van der Waals surface area (Å²) >= 11 is 0. The van der Waals surface area contributed by atoms with Crippen LogP contribution in [0, 0.1) is 13.5 Å². The van der Waals surface area contributed by atoms with Crippen LogP contribution in [-0.2, 0) is 10.0 Å². The Balaban J connectivity index is 1.76. The highest BCUT2D eigenvalue weighted by Gasteiger charge is 2.22. The van der Waals surface area contributed by atoms with E-state index in [0.29, 0.717) is 45.2 Å². The molecule has 3 aromatic carbocycles. The van der Waals surface area contributed by atoms with Gasteiger partial charge in [-0.1, -0.05) is 42.5 Å². The van der Waals surface area contributed by atoms with Gasteiger partial charge in [0.1, 0.15) is 17.5 Å². The van der Waals surface area contributed by atoms with Crippen molar-refractivity contribution in [3.8, 4) is 16.8 Å². The number of para-hydroxylation sites is 1. The molecular formula is C28H23N7O3S. The zero-order valence-electron chi connectivity index (χ0n) is 21.0. The number of nitrogens with zero attached hydrogens (tertiary/aromatic N) is 5. The van der Waals surface area contributed by atoms with E-state index in [1.54, 1.807) is 49.4 Å². The summed E-state index contributed by atoms with van der Waals surface area (Å²) in [6.45, 7) is 11.0. The second-order valence-electron chi connectivity index (χ2n) is 8.85. The predicted molar refractivity (Wildman–Crippen MR) is 149 cm³/mol. The van der Waals surface area contributed by atoms with Crippen molar-refractivity contribution >= 4 is 32.4 Å². The minimum atomic E-state index is -3.94. The Kier molecular flexibility index (Phi) is 6.66. The van der Waals surface area contributed by atoms with Crippen molar-refractivity contribution in [2.24, 2.45) is 5.14 Å². The highest BCUT2D eigenvalue weighted by molar-refractivity contribution is 7.89. The van der Waals surface area contributed by atoms with Gasteiger partial charge < -0.3 is 5.32 Å². The Morgan fingerprint density at radius 2 is 1.77 bits per heavy atom. The molecule has 5 rings (SSSR count). The van der Waals surface area contributed by atoms with E-state index < -0.39 is 16.1 Å². The standard InChI is InChI=1S/C28H23N7O3S/c1-17(32-26-24(30-3)16-31-18(2)33-26)27-34-23-14-8-13-22(19-9-7-12-21(15-19)39(29,37)38)25(23)28(36)35(27)20-10-5-4-6-11-20/h4-17H,1-2H3,(H2,29,37,38)(H,31,32,33)/t17-/m0/s1. The molecule has 2 heterocycles. The Hall–Kier alpha value is -4.92. The zero-order chi connectivity index (χ0) is 27.7. The molecule has 5 aromatic rings. The molecule has 0 aliphatic heterocycles. The second kappa shape index (κ2) is 10.1. The average molecular weight is 538 g/mol. The lowest BCUT2D eigenvalue weighted by Crippen LogP contribution is -2.27. The molecule has 0 radical (unpaired) electrons. The van der Waals surface area contributed by atoms with Gasteiger partial charge >= 0.3 is 0 Å². The highest BCUT2D eigenvalue weighted by Crippen LogP contribution is 2.30. The fraction of sp³-hybridized carbons (Fsp3) is 0.107. The molecular weight excluding hydrogens is 514 g/mol. The molecule has 11 heteroatoms. The summed E-state index contributed by atoms with van der Waals surface area (Å²) < 4.78 is 25.5. The molecule has 0 saturated carbocycles. The van der Waals surface area contributed by atoms with E-state index in [2.05, 4.69) is 20.1 Å². The van der Waals surface area contributed by atoms with E-state index >= 15 is 0 Å². The van der Waals surface area contributed by atoms with Crippen LogP contribution < -0.4 is 16.0 Å². The average Bonchev–Trinajstić information content (AvgIpc) is 2.93. The summed E-state index contributed by atoms with van der Waals surface area (Å²) in [5, 5.41) is 8.90. The molecule has 0 aliphatic rings. The third kappa shape index (κ3) is 4.98. The lowest BCUT2D eigenvalue weighted by Gasteiger charge is -2.21. The van der Waals surface area contributed by atoms with Crippen LogP contribution in [0.15, 0.2) is 88.7 Å². The van der Waals surface area contributed by atoms with Crippen LogP contribution in [0.4, 0.5) is 11.5 Å². The van der Waals surface area contributed by atoms with Gasteiger partial charge in [-0.2, -0.15) is 0 Å². The third-order valence-corrected chi connectivity index (χ3v) is 7.07. The van der Waals surface area contributed by atoms with Crippen LogP contribution in [-0.4, -0.2) is 27.9 Å². The van der Waals surface area contributed by atoms with Crippen LogP contribution in [0.2, 0.25) is 0 Å². The number of primary sulfonamides is 1. The van der Waals surface area contributed by atoms with Crippen molar-refractivity contribution in [2.45, 2.75) is 24.8 Å². The van der Waals surface area contributed by atoms with E-state index in [4.69, 9.17) is 16.7 Å². The van der Waals surface area contributed by atoms with Gasteiger partial charge in [0.2, 0.25) is 15.7 Å². The normalized spacial score (nSPS) is 12.2. The smallest absolute Gasteiger partial charge is 0.266 e. The van der Waals surface area contributed by atoms with Crippen LogP contribution in [0.1, 0.15) is 24.6 Å². The van der Waals surface area contributed by atoms with Crippen LogP contribution in [0.25, 0.3) is 32.6 Å². The van der Waals surface area contributed by atoms with Gasteiger partial charge in [0, 0.05) is 6.20 Å². The Labute approximate surface area is 224 Å². The molecule has 1 atom stereocenters.